The van der Waals surface area contributed by atoms with Crippen molar-refractivity contribution in [3.05, 3.63) is 29.6 Å². The summed E-state index contributed by atoms with van der Waals surface area (Å²) in [4.78, 5) is 19.3. The van der Waals surface area contributed by atoms with Gasteiger partial charge < -0.3 is 4.98 Å². The molecule has 0 radical (unpaired) electrons. The van der Waals surface area contributed by atoms with E-state index < -0.39 is 31.4 Å². The van der Waals surface area contributed by atoms with E-state index in [-0.39, 0.29) is 10.1 Å². The molecule has 1 rings (SSSR count). The lowest BCUT2D eigenvalue weighted by molar-refractivity contribution is -0.138. The van der Waals surface area contributed by atoms with Gasteiger partial charge in [-0.15, -0.1) is 0 Å². The minimum atomic E-state index is -4.59. The van der Waals surface area contributed by atoms with Crippen molar-refractivity contribution < 1.29 is 18.0 Å². The van der Waals surface area contributed by atoms with Gasteiger partial charge in [-0.3, -0.25) is 9.78 Å². The zero-order chi connectivity index (χ0) is 18.3. The molecule has 0 aliphatic rings. The van der Waals surface area contributed by atoms with Crippen molar-refractivity contribution in [2.24, 2.45) is 0 Å². The first kappa shape index (κ1) is 19.7. The summed E-state index contributed by atoms with van der Waals surface area (Å²) in [7, 11) is -2.48. The second-order valence-electron chi connectivity index (χ2n) is 8.00. The molecule has 1 heterocycles. The minimum Gasteiger partial charge on any atom is -0.377 e. The van der Waals surface area contributed by atoms with Crippen molar-refractivity contribution >= 4 is 14.1 Å². The summed E-state index contributed by atoms with van der Waals surface area (Å²) in [6.45, 7) is 14.1. The molecule has 0 atom stereocenters. The van der Waals surface area contributed by atoms with Crippen LogP contribution in [0, 0.1) is 0 Å². The summed E-state index contributed by atoms with van der Waals surface area (Å²) in [5.41, 5.74) is -1.38. The van der Waals surface area contributed by atoms with Crippen LogP contribution >= 0.6 is 0 Å². The number of nitrogens with zero attached hydrogens (tertiary/aromatic N) is 1. The normalized spacial score (nSPS) is 13.8. The Labute approximate surface area is 136 Å². The van der Waals surface area contributed by atoms with Crippen molar-refractivity contribution in [3.63, 3.8) is 0 Å². The fourth-order valence-electron chi connectivity index (χ4n) is 2.62. The third-order valence-electron chi connectivity index (χ3n) is 4.73. The van der Waals surface area contributed by atoms with Gasteiger partial charge in [0.15, 0.2) is 8.24 Å². The lowest BCUT2D eigenvalue weighted by Crippen LogP contribution is -2.62. The number of rotatable bonds is 2. The standard InChI is InChI=1S/C16H25F3N2OSi/c1-14(2,3)23(7,15(4,5)6)21-13(22)11-10-20-9-8-12(11)16(17,18)19/h8-10H,1-7H3,(H,21,22). The molecular formula is C16H25F3N2OSi. The number of carbonyl (C=O) groups excluding carboxylic acids is 1. The third-order valence-corrected chi connectivity index (χ3v) is 11.5. The summed E-state index contributed by atoms with van der Waals surface area (Å²) in [5.74, 6) is -0.704. The maximum absolute atomic E-state index is 13.1. The zero-order valence-corrected chi connectivity index (χ0v) is 15.7. The smallest absolute Gasteiger partial charge is 0.377 e. The van der Waals surface area contributed by atoms with Gasteiger partial charge in [-0.05, 0) is 16.1 Å². The first-order chi connectivity index (χ1) is 10.1. The molecule has 0 spiro atoms. The zero-order valence-electron chi connectivity index (χ0n) is 14.7. The highest BCUT2D eigenvalue weighted by Gasteiger charge is 2.51. The van der Waals surface area contributed by atoms with E-state index in [1.807, 2.05) is 48.1 Å². The first-order valence-electron chi connectivity index (χ1n) is 7.45. The number of halogens is 3. The van der Waals surface area contributed by atoms with Crippen LogP contribution < -0.4 is 4.98 Å². The van der Waals surface area contributed by atoms with Crippen LogP contribution in [0.25, 0.3) is 0 Å². The Bertz CT molecular complexity index is 572. The largest absolute Gasteiger partial charge is 0.417 e. The van der Waals surface area contributed by atoms with Gasteiger partial charge in [-0.1, -0.05) is 48.1 Å². The number of pyridine rings is 1. The summed E-state index contributed by atoms with van der Waals surface area (Å²) in [5, 5.41) is -0.441. The molecule has 1 N–H and O–H groups in total. The fraction of sp³-hybridized carbons (Fsp3) is 0.625. The first-order valence-corrected chi connectivity index (χ1v) is 9.95. The second-order valence-corrected chi connectivity index (χ2v) is 13.5. The Kier molecular flexibility index (Phi) is 5.07. The van der Waals surface area contributed by atoms with E-state index in [4.69, 9.17) is 0 Å². The van der Waals surface area contributed by atoms with E-state index in [2.05, 4.69) is 9.97 Å². The SMILES string of the molecule is CC(C)(C)[Si](C)(NC(=O)c1cnccc1C(F)(F)F)C(C)(C)C. The number of aromatic nitrogens is 1. The van der Waals surface area contributed by atoms with E-state index in [1.165, 1.54) is 0 Å². The molecule has 0 saturated heterocycles. The van der Waals surface area contributed by atoms with Crippen LogP contribution in [0.2, 0.25) is 16.6 Å². The van der Waals surface area contributed by atoms with Crippen LogP contribution in [-0.4, -0.2) is 19.1 Å². The van der Waals surface area contributed by atoms with Crippen molar-refractivity contribution in [2.75, 3.05) is 0 Å². The Morgan fingerprint density at radius 2 is 1.57 bits per heavy atom. The number of carbonyl (C=O) groups is 1. The Balaban J connectivity index is 3.32. The number of amides is 1. The second kappa shape index (κ2) is 5.92. The quantitative estimate of drug-likeness (QED) is 0.765. The molecule has 0 aliphatic heterocycles. The lowest BCUT2D eigenvalue weighted by atomic mass is 10.1. The maximum Gasteiger partial charge on any atom is 0.417 e. The molecule has 7 heteroatoms. The van der Waals surface area contributed by atoms with Gasteiger partial charge in [-0.2, -0.15) is 13.2 Å². The lowest BCUT2D eigenvalue weighted by Gasteiger charge is -2.49. The van der Waals surface area contributed by atoms with Crippen LogP contribution in [0.5, 0.6) is 0 Å². The molecule has 1 amide bonds. The molecule has 0 unspecified atom stereocenters. The average molecular weight is 346 g/mol. The van der Waals surface area contributed by atoms with Gasteiger partial charge in [0, 0.05) is 12.4 Å². The van der Waals surface area contributed by atoms with E-state index in [9.17, 15) is 18.0 Å². The van der Waals surface area contributed by atoms with Crippen LogP contribution in [0.4, 0.5) is 13.2 Å². The molecule has 23 heavy (non-hydrogen) atoms. The topological polar surface area (TPSA) is 42.0 Å². The molecule has 0 aromatic carbocycles. The van der Waals surface area contributed by atoms with Gasteiger partial charge in [-0.25, -0.2) is 0 Å². The van der Waals surface area contributed by atoms with Crippen molar-refractivity contribution in [1.82, 2.24) is 9.97 Å². The molecular weight excluding hydrogens is 321 g/mol. The van der Waals surface area contributed by atoms with Gasteiger partial charge >= 0.3 is 6.18 Å². The molecule has 0 aliphatic carbocycles. The van der Waals surface area contributed by atoms with Crippen LogP contribution in [0.3, 0.4) is 0 Å². The monoisotopic (exact) mass is 346 g/mol. The van der Waals surface area contributed by atoms with Gasteiger partial charge in [0.25, 0.3) is 0 Å². The highest BCUT2D eigenvalue weighted by molar-refractivity contribution is 6.83. The Morgan fingerprint density at radius 1 is 1.09 bits per heavy atom. The summed E-state index contributed by atoms with van der Waals surface area (Å²) in [6.07, 6.45) is -2.56. The highest BCUT2D eigenvalue weighted by Crippen LogP contribution is 2.49. The van der Waals surface area contributed by atoms with Crippen LogP contribution in [0.1, 0.15) is 57.5 Å². The molecule has 0 fully saturated rings. The number of nitrogens with one attached hydrogen (secondary N) is 1. The Hall–Kier alpha value is -1.37. The third kappa shape index (κ3) is 3.94. The highest BCUT2D eigenvalue weighted by atomic mass is 28.3. The van der Waals surface area contributed by atoms with Crippen LogP contribution in [0.15, 0.2) is 18.5 Å². The maximum atomic E-state index is 13.1. The Morgan fingerprint density at radius 3 is 1.96 bits per heavy atom. The minimum absolute atomic E-state index is 0.221. The number of hydrogen-bond acceptors (Lipinski definition) is 2. The van der Waals surface area contributed by atoms with Crippen LogP contribution in [-0.2, 0) is 6.18 Å². The summed E-state index contributed by atoms with van der Waals surface area (Å²) < 4.78 is 39.3. The molecule has 0 saturated carbocycles. The van der Waals surface area contributed by atoms with E-state index in [1.54, 1.807) is 0 Å². The number of alkyl halides is 3. The molecule has 130 valence electrons. The van der Waals surface area contributed by atoms with E-state index in [0.29, 0.717) is 0 Å². The summed E-state index contributed by atoms with van der Waals surface area (Å²) >= 11 is 0. The average Bonchev–Trinajstić information content (AvgIpc) is 2.34. The van der Waals surface area contributed by atoms with Gasteiger partial charge in [0.1, 0.15) is 0 Å². The molecule has 1 aromatic heterocycles. The van der Waals surface area contributed by atoms with Crippen molar-refractivity contribution in [3.8, 4) is 0 Å². The van der Waals surface area contributed by atoms with Crippen molar-refractivity contribution in [2.45, 2.75) is 64.3 Å². The molecule has 3 nitrogen and oxygen atoms in total. The van der Waals surface area contributed by atoms with E-state index >= 15 is 0 Å². The van der Waals surface area contributed by atoms with Gasteiger partial charge in [0.05, 0.1) is 11.1 Å². The fourth-order valence-corrected chi connectivity index (χ4v) is 6.21. The number of hydrogen-bond donors (Lipinski definition) is 1. The molecule has 1 aromatic rings. The predicted molar refractivity (Wildman–Crippen MR) is 87.8 cm³/mol. The van der Waals surface area contributed by atoms with E-state index in [0.717, 1.165) is 18.5 Å². The predicted octanol–water partition coefficient (Wildman–Crippen LogP) is 5.01. The van der Waals surface area contributed by atoms with Gasteiger partial charge in [0.2, 0.25) is 5.91 Å². The summed E-state index contributed by atoms with van der Waals surface area (Å²) in [6, 6.07) is 0.835. The van der Waals surface area contributed by atoms with Crippen molar-refractivity contribution in [1.29, 1.82) is 0 Å². The molecule has 0 bridgehead atoms.